The summed E-state index contributed by atoms with van der Waals surface area (Å²) in [7, 11) is 0. The van der Waals surface area contributed by atoms with Crippen molar-refractivity contribution in [2.24, 2.45) is 0 Å². The minimum Gasteiger partial charge on any atom is -0.480 e. The summed E-state index contributed by atoms with van der Waals surface area (Å²) in [5.74, 6) is 0.222. The molecule has 1 N–H and O–H groups in total. The maximum Gasteiger partial charge on any atom is 0.323 e. The number of carbonyl (C=O) groups excluding carboxylic acids is 1. The fourth-order valence-corrected chi connectivity index (χ4v) is 0.718. The van der Waals surface area contributed by atoms with Crippen LogP contribution in [0, 0.1) is 12.3 Å². The lowest BCUT2D eigenvalue weighted by atomic mass is 10.3. The van der Waals surface area contributed by atoms with Crippen molar-refractivity contribution in [1.29, 1.82) is 0 Å². The third kappa shape index (κ3) is 3.06. The summed E-state index contributed by atoms with van der Waals surface area (Å²) < 4.78 is 0. The van der Waals surface area contributed by atoms with Gasteiger partial charge in [0.05, 0.1) is 0 Å². The number of hydrogen-bond donors (Lipinski definition) is 1. The predicted molar refractivity (Wildman–Crippen MR) is 43.3 cm³/mol. The summed E-state index contributed by atoms with van der Waals surface area (Å²) in [6.45, 7) is 3.07. The standard InChI is InChI=1S/C8H11NO3/c1-4-7(10)9(6(2)3)5-8(11)12/h1,6H,5H2,2-3H3,(H,11,12). The van der Waals surface area contributed by atoms with E-state index in [9.17, 15) is 9.59 Å². The highest BCUT2D eigenvalue weighted by Crippen LogP contribution is 1.97. The monoisotopic (exact) mass is 169 g/mol. The molecule has 0 rings (SSSR count). The molecule has 0 fully saturated rings. The van der Waals surface area contributed by atoms with E-state index in [1.165, 1.54) is 0 Å². The van der Waals surface area contributed by atoms with Crippen molar-refractivity contribution in [3.05, 3.63) is 0 Å². The first-order valence-electron chi connectivity index (χ1n) is 3.48. The molecular weight excluding hydrogens is 158 g/mol. The molecule has 66 valence electrons. The molecular formula is C8H11NO3. The Bertz CT molecular complexity index is 227. The Morgan fingerprint density at radius 2 is 2.08 bits per heavy atom. The molecule has 0 saturated carbocycles. The fourth-order valence-electron chi connectivity index (χ4n) is 0.718. The van der Waals surface area contributed by atoms with Crippen molar-refractivity contribution in [2.45, 2.75) is 19.9 Å². The van der Waals surface area contributed by atoms with Crippen molar-refractivity contribution < 1.29 is 14.7 Å². The number of carboxylic acid groups (broad SMARTS) is 1. The Kier molecular flexibility index (Phi) is 3.84. The van der Waals surface area contributed by atoms with Crippen molar-refractivity contribution in [3.8, 4) is 12.3 Å². The Labute approximate surface area is 71.2 Å². The van der Waals surface area contributed by atoms with Crippen molar-refractivity contribution in [1.82, 2.24) is 4.90 Å². The minimum atomic E-state index is -1.06. The number of terminal acetylenes is 1. The first kappa shape index (κ1) is 10.5. The zero-order chi connectivity index (χ0) is 9.72. The first-order chi connectivity index (χ1) is 5.49. The molecule has 0 aromatic rings. The highest BCUT2D eigenvalue weighted by molar-refractivity contribution is 5.94. The van der Waals surface area contributed by atoms with Gasteiger partial charge in [0.2, 0.25) is 0 Å². The number of aliphatic carboxylic acids is 1. The smallest absolute Gasteiger partial charge is 0.323 e. The van der Waals surface area contributed by atoms with Gasteiger partial charge in [-0.15, -0.1) is 6.42 Å². The molecule has 0 bridgehead atoms. The Balaban J connectivity index is 4.36. The van der Waals surface area contributed by atoms with Crippen LogP contribution in [0.1, 0.15) is 13.8 Å². The van der Waals surface area contributed by atoms with E-state index < -0.39 is 11.9 Å². The van der Waals surface area contributed by atoms with Gasteiger partial charge in [-0.25, -0.2) is 0 Å². The Morgan fingerprint density at radius 3 is 2.33 bits per heavy atom. The number of rotatable bonds is 3. The van der Waals surface area contributed by atoms with E-state index in [0.29, 0.717) is 0 Å². The van der Waals surface area contributed by atoms with Crippen LogP contribution in [0.3, 0.4) is 0 Å². The second-order valence-electron chi connectivity index (χ2n) is 2.56. The van der Waals surface area contributed by atoms with Crippen molar-refractivity contribution >= 4 is 11.9 Å². The van der Waals surface area contributed by atoms with Crippen LogP contribution in [0.5, 0.6) is 0 Å². The average molecular weight is 169 g/mol. The van der Waals surface area contributed by atoms with Gasteiger partial charge in [-0.2, -0.15) is 0 Å². The van der Waals surface area contributed by atoms with Crippen LogP contribution in [-0.4, -0.2) is 34.5 Å². The number of hydrogen-bond acceptors (Lipinski definition) is 2. The average Bonchev–Trinajstić information content (AvgIpc) is 1.98. The van der Waals surface area contributed by atoms with Crippen LogP contribution < -0.4 is 0 Å². The molecule has 0 unspecified atom stereocenters. The molecule has 0 saturated heterocycles. The van der Waals surface area contributed by atoms with Gasteiger partial charge in [0.15, 0.2) is 0 Å². The highest BCUT2D eigenvalue weighted by atomic mass is 16.4. The highest BCUT2D eigenvalue weighted by Gasteiger charge is 2.17. The molecule has 4 heteroatoms. The fraction of sp³-hybridized carbons (Fsp3) is 0.500. The Morgan fingerprint density at radius 1 is 1.58 bits per heavy atom. The first-order valence-corrected chi connectivity index (χ1v) is 3.48. The maximum atomic E-state index is 10.9. The number of nitrogens with zero attached hydrogens (tertiary/aromatic N) is 1. The number of carbonyl (C=O) groups is 2. The van der Waals surface area contributed by atoms with E-state index in [1.54, 1.807) is 13.8 Å². The molecule has 4 nitrogen and oxygen atoms in total. The van der Waals surface area contributed by atoms with Crippen molar-refractivity contribution in [3.63, 3.8) is 0 Å². The summed E-state index contributed by atoms with van der Waals surface area (Å²) in [4.78, 5) is 22.3. The third-order valence-electron chi connectivity index (χ3n) is 1.31. The van der Waals surface area contributed by atoms with Gasteiger partial charge >= 0.3 is 5.97 Å². The molecule has 0 aliphatic carbocycles. The van der Waals surface area contributed by atoms with Crippen LogP contribution in [0.15, 0.2) is 0 Å². The lowest BCUT2D eigenvalue weighted by Crippen LogP contribution is -2.39. The molecule has 0 aliphatic rings. The van der Waals surface area contributed by atoms with E-state index >= 15 is 0 Å². The van der Waals surface area contributed by atoms with E-state index in [4.69, 9.17) is 11.5 Å². The second kappa shape index (κ2) is 4.39. The van der Waals surface area contributed by atoms with Crippen LogP contribution in [0.2, 0.25) is 0 Å². The van der Waals surface area contributed by atoms with Crippen LogP contribution >= 0.6 is 0 Å². The SMILES string of the molecule is C#CC(=O)N(CC(=O)O)C(C)C. The largest absolute Gasteiger partial charge is 0.480 e. The topological polar surface area (TPSA) is 57.6 Å². The quantitative estimate of drug-likeness (QED) is 0.602. The van der Waals surface area contributed by atoms with E-state index in [-0.39, 0.29) is 12.6 Å². The summed E-state index contributed by atoms with van der Waals surface area (Å²) >= 11 is 0. The molecule has 0 heterocycles. The van der Waals surface area contributed by atoms with Gasteiger partial charge in [-0.05, 0) is 19.8 Å². The van der Waals surface area contributed by atoms with Gasteiger partial charge in [-0.1, -0.05) is 0 Å². The maximum absolute atomic E-state index is 10.9. The molecule has 0 aliphatic heterocycles. The Hall–Kier alpha value is -1.50. The molecule has 12 heavy (non-hydrogen) atoms. The summed E-state index contributed by atoms with van der Waals surface area (Å²) in [6, 6.07) is -0.190. The molecule has 0 spiro atoms. The minimum absolute atomic E-state index is 0.190. The third-order valence-corrected chi connectivity index (χ3v) is 1.31. The molecule has 0 atom stereocenters. The van der Waals surface area contributed by atoms with E-state index in [0.717, 1.165) is 4.90 Å². The second-order valence-corrected chi connectivity index (χ2v) is 2.56. The van der Waals surface area contributed by atoms with Gasteiger partial charge in [-0.3, -0.25) is 9.59 Å². The lowest BCUT2D eigenvalue weighted by Gasteiger charge is -2.21. The van der Waals surface area contributed by atoms with E-state index in [1.807, 2.05) is 5.92 Å². The molecule has 0 aromatic heterocycles. The zero-order valence-corrected chi connectivity index (χ0v) is 7.07. The predicted octanol–water partition coefficient (Wildman–Crippen LogP) is -0.0588. The van der Waals surface area contributed by atoms with Crippen LogP contribution in [0.4, 0.5) is 0 Å². The van der Waals surface area contributed by atoms with Crippen LogP contribution in [-0.2, 0) is 9.59 Å². The molecule has 0 aromatic carbocycles. The van der Waals surface area contributed by atoms with Gasteiger partial charge in [0.1, 0.15) is 6.54 Å². The lowest BCUT2D eigenvalue weighted by molar-refractivity contribution is -0.143. The molecule has 0 radical (unpaired) electrons. The van der Waals surface area contributed by atoms with Gasteiger partial charge < -0.3 is 10.0 Å². The summed E-state index contributed by atoms with van der Waals surface area (Å²) in [6.07, 6.45) is 4.85. The number of carboxylic acids is 1. The van der Waals surface area contributed by atoms with Crippen molar-refractivity contribution in [2.75, 3.05) is 6.54 Å². The normalized spacial score (nSPS) is 9.17. The summed E-state index contributed by atoms with van der Waals surface area (Å²) in [5.41, 5.74) is 0. The van der Waals surface area contributed by atoms with Crippen LogP contribution in [0.25, 0.3) is 0 Å². The van der Waals surface area contributed by atoms with Gasteiger partial charge in [0.25, 0.3) is 5.91 Å². The number of amides is 1. The van der Waals surface area contributed by atoms with Gasteiger partial charge in [0, 0.05) is 6.04 Å². The van der Waals surface area contributed by atoms with E-state index in [2.05, 4.69) is 0 Å². The summed E-state index contributed by atoms with van der Waals surface area (Å²) in [5, 5.41) is 8.41. The zero-order valence-electron chi connectivity index (χ0n) is 7.07. The molecule has 1 amide bonds.